The van der Waals surface area contributed by atoms with E-state index < -0.39 is 47.6 Å². The van der Waals surface area contributed by atoms with Crippen molar-refractivity contribution in [2.45, 2.75) is 111 Å². The van der Waals surface area contributed by atoms with Crippen molar-refractivity contribution in [3.05, 3.63) is 35.4 Å². The highest BCUT2D eigenvalue weighted by atomic mass is 16.6. The number of nitrogens with one attached hydrogen (secondary N) is 2. The van der Waals surface area contributed by atoms with Gasteiger partial charge in [0, 0.05) is 12.1 Å². The molecule has 0 aromatic heterocycles. The fourth-order valence-corrected chi connectivity index (χ4v) is 3.88. The topological polar surface area (TPSA) is 131 Å². The minimum absolute atomic E-state index is 0.264. The number of alkyl carbamates (subject to hydrolysis) is 1. The molecule has 0 aliphatic rings. The maximum Gasteiger partial charge on any atom is 0.408 e. The minimum Gasteiger partial charge on any atom is -0.444 e. The number of ether oxygens (including phenoxy) is 1. The van der Waals surface area contributed by atoms with Crippen LogP contribution in [-0.4, -0.2) is 52.4 Å². The number of carbonyl (C=O) groups excluding carboxylic acids is 4. The monoisotopic (exact) mass is 518 g/mol. The van der Waals surface area contributed by atoms with E-state index in [1.54, 1.807) is 26.8 Å². The van der Waals surface area contributed by atoms with Crippen LogP contribution in [0, 0.1) is 6.92 Å². The molecule has 0 radical (unpaired) electrons. The molecule has 0 aliphatic heterocycles. The first-order valence-corrected chi connectivity index (χ1v) is 13.0. The number of hydrogen-bond donors (Lipinski definition) is 3. The second-order valence-electron chi connectivity index (χ2n) is 11.5. The third kappa shape index (κ3) is 12.1. The lowest BCUT2D eigenvalue weighted by Crippen LogP contribution is -2.55. The van der Waals surface area contributed by atoms with E-state index in [0.29, 0.717) is 12.0 Å². The van der Waals surface area contributed by atoms with Crippen molar-refractivity contribution in [3.63, 3.8) is 0 Å². The van der Waals surface area contributed by atoms with Gasteiger partial charge in [-0.3, -0.25) is 14.4 Å². The molecule has 0 bridgehead atoms. The number of rotatable bonds is 12. The Morgan fingerprint density at radius 3 is 2.19 bits per heavy atom. The first-order chi connectivity index (χ1) is 17.0. The van der Waals surface area contributed by atoms with Gasteiger partial charge in [-0.05, 0) is 60.5 Å². The maximum absolute atomic E-state index is 14.0. The molecule has 2 atom stereocenters. The zero-order chi connectivity index (χ0) is 28.4. The fourth-order valence-electron chi connectivity index (χ4n) is 3.88. The van der Waals surface area contributed by atoms with Crippen molar-refractivity contribution in [1.29, 1.82) is 0 Å². The van der Waals surface area contributed by atoms with Crippen molar-refractivity contribution in [3.8, 4) is 0 Å². The Kier molecular flexibility index (Phi) is 12.1. The highest BCUT2D eigenvalue weighted by Gasteiger charge is 2.37. The number of primary amides is 1. The van der Waals surface area contributed by atoms with E-state index in [2.05, 4.69) is 17.6 Å². The third-order valence-corrected chi connectivity index (χ3v) is 5.35. The summed E-state index contributed by atoms with van der Waals surface area (Å²) in [6, 6.07) is 5.16. The van der Waals surface area contributed by atoms with E-state index in [0.717, 1.165) is 24.8 Å². The van der Waals surface area contributed by atoms with Crippen LogP contribution in [0.3, 0.4) is 0 Å². The quantitative estimate of drug-likeness (QED) is 0.358. The molecule has 9 heteroatoms. The van der Waals surface area contributed by atoms with Crippen LogP contribution < -0.4 is 16.4 Å². The van der Waals surface area contributed by atoms with Crippen LogP contribution in [-0.2, 0) is 19.1 Å². The van der Waals surface area contributed by atoms with Crippen LogP contribution >= 0.6 is 0 Å². The van der Waals surface area contributed by atoms with E-state index in [1.165, 1.54) is 4.90 Å². The van der Waals surface area contributed by atoms with Crippen LogP contribution in [0.2, 0.25) is 0 Å². The molecule has 1 aromatic carbocycles. The van der Waals surface area contributed by atoms with Gasteiger partial charge in [-0.2, -0.15) is 0 Å². The summed E-state index contributed by atoms with van der Waals surface area (Å²) in [6.45, 7) is 15.0. The highest BCUT2D eigenvalue weighted by molar-refractivity contribution is 5.94. The minimum atomic E-state index is -1.28. The molecule has 208 valence electrons. The zero-order valence-electron chi connectivity index (χ0n) is 23.8. The van der Waals surface area contributed by atoms with Crippen LogP contribution in [0.1, 0.15) is 97.7 Å². The molecule has 9 nitrogen and oxygen atoms in total. The molecule has 1 rings (SSSR count). The summed E-state index contributed by atoms with van der Waals surface area (Å²) in [5.41, 5.74) is 5.67. The van der Waals surface area contributed by atoms with E-state index in [9.17, 15) is 19.2 Å². The van der Waals surface area contributed by atoms with Gasteiger partial charge in [0.15, 0.2) is 0 Å². The molecule has 0 heterocycles. The number of hydrogen-bond acceptors (Lipinski definition) is 5. The largest absolute Gasteiger partial charge is 0.444 e. The van der Waals surface area contributed by atoms with Gasteiger partial charge in [-0.1, -0.05) is 56.0 Å². The number of carbonyl (C=O) groups is 4. The number of nitrogens with two attached hydrogens (primary N) is 1. The average Bonchev–Trinajstić information content (AvgIpc) is 2.72. The molecule has 1 aromatic rings. The molecule has 4 N–H and O–H groups in total. The molecule has 2 unspecified atom stereocenters. The first kappa shape index (κ1) is 31.9. The lowest BCUT2D eigenvalue weighted by atomic mass is 9.98. The third-order valence-electron chi connectivity index (χ3n) is 5.35. The van der Waals surface area contributed by atoms with Gasteiger partial charge in [-0.25, -0.2) is 4.79 Å². The van der Waals surface area contributed by atoms with Gasteiger partial charge >= 0.3 is 6.09 Å². The van der Waals surface area contributed by atoms with E-state index in [4.69, 9.17) is 10.5 Å². The number of benzene rings is 1. The first-order valence-electron chi connectivity index (χ1n) is 13.0. The molecule has 0 saturated heterocycles. The SMILES string of the molecule is CCCCCCN(C(=O)C(CC(N)=O)NC(=O)OC(C)(C)C)C(C(=O)NC(C)(C)C)c1cccc(C)c1. The molecular formula is C28H46N4O5. The summed E-state index contributed by atoms with van der Waals surface area (Å²) in [6.07, 6.45) is 2.23. The van der Waals surface area contributed by atoms with Crippen molar-refractivity contribution in [2.75, 3.05) is 6.54 Å². The Hall–Kier alpha value is -3.10. The highest BCUT2D eigenvalue weighted by Crippen LogP contribution is 2.26. The van der Waals surface area contributed by atoms with Crippen molar-refractivity contribution in [1.82, 2.24) is 15.5 Å². The zero-order valence-corrected chi connectivity index (χ0v) is 23.8. The standard InChI is InChI=1S/C28H46N4O5/c1-9-10-11-12-16-32(25(35)21(18-22(29)33)30-26(36)37-28(6,7)8)23(24(34)31-27(3,4)5)20-15-13-14-19(2)17-20/h13-15,17,21,23H,9-12,16,18H2,1-8H3,(H2,29,33)(H,30,36)(H,31,34). The molecule has 0 spiro atoms. The van der Waals surface area contributed by atoms with Crippen molar-refractivity contribution < 1.29 is 23.9 Å². The Morgan fingerprint density at radius 2 is 1.68 bits per heavy atom. The number of aryl methyl sites for hydroxylation is 1. The normalized spacial score (nSPS) is 13.3. The summed E-state index contributed by atoms with van der Waals surface area (Å²) < 4.78 is 5.31. The van der Waals surface area contributed by atoms with Crippen LogP contribution in [0.5, 0.6) is 0 Å². The summed E-state index contributed by atoms with van der Waals surface area (Å²) in [4.78, 5) is 53.5. The van der Waals surface area contributed by atoms with Crippen LogP contribution in [0.4, 0.5) is 4.79 Å². The average molecular weight is 519 g/mol. The Morgan fingerprint density at radius 1 is 1.03 bits per heavy atom. The van der Waals surface area contributed by atoms with E-state index in [-0.39, 0.29) is 12.5 Å². The van der Waals surface area contributed by atoms with Gasteiger partial charge in [0.1, 0.15) is 17.7 Å². The van der Waals surface area contributed by atoms with Gasteiger partial charge in [-0.15, -0.1) is 0 Å². The predicted octanol–water partition coefficient (Wildman–Crippen LogP) is 4.13. The lowest BCUT2D eigenvalue weighted by molar-refractivity contribution is -0.144. The molecular weight excluding hydrogens is 472 g/mol. The van der Waals surface area contributed by atoms with E-state index >= 15 is 0 Å². The van der Waals surface area contributed by atoms with Crippen LogP contribution in [0.25, 0.3) is 0 Å². The molecule has 0 aliphatic carbocycles. The summed E-state index contributed by atoms with van der Waals surface area (Å²) in [7, 11) is 0. The van der Waals surface area contributed by atoms with Gasteiger partial charge in [0.05, 0.1) is 6.42 Å². The number of amides is 4. The second-order valence-corrected chi connectivity index (χ2v) is 11.5. The molecule has 4 amide bonds. The number of nitrogens with zero attached hydrogens (tertiary/aromatic N) is 1. The molecule has 0 fully saturated rings. The van der Waals surface area contributed by atoms with Gasteiger partial charge in [0.25, 0.3) is 0 Å². The van der Waals surface area contributed by atoms with E-state index in [1.807, 2.05) is 45.9 Å². The summed E-state index contributed by atoms with van der Waals surface area (Å²) in [5.74, 6) is -1.68. The molecule has 0 saturated carbocycles. The molecule has 37 heavy (non-hydrogen) atoms. The lowest BCUT2D eigenvalue weighted by Gasteiger charge is -2.36. The Labute approximate surface area is 221 Å². The smallest absolute Gasteiger partial charge is 0.408 e. The Balaban J connectivity index is 3.52. The number of unbranched alkanes of at least 4 members (excludes halogenated alkanes) is 3. The van der Waals surface area contributed by atoms with Crippen molar-refractivity contribution in [2.24, 2.45) is 5.73 Å². The van der Waals surface area contributed by atoms with Gasteiger partial charge in [0.2, 0.25) is 17.7 Å². The Bertz CT molecular complexity index is 933. The summed E-state index contributed by atoms with van der Waals surface area (Å²) in [5, 5.41) is 5.50. The van der Waals surface area contributed by atoms with Crippen LogP contribution in [0.15, 0.2) is 24.3 Å². The van der Waals surface area contributed by atoms with Gasteiger partial charge < -0.3 is 26.0 Å². The second kappa shape index (κ2) is 14.0. The fraction of sp³-hybridized carbons (Fsp3) is 0.643. The predicted molar refractivity (Wildman–Crippen MR) is 145 cm³/mol. The van der Waals surface area contributed by atoms with Crippen molar-refractivity contribution >= 4 is 23.8 Å². The summed E-state index contributed by atoms with van der Waals surface area (Å²) >= 11 is 0. The maximum atomic E-state index is 14.0.